The molecular formula is C33H40Cl2N2O6. The van der Waals surface area contributed by atoms with Gasteiger partial charge in [-0.15, -0.1) is 0 Å². The molecule has 0 aromatic heterocycles. The zero-order valence-electron chi connectivity index (χ0n) is 25.5. The molecule has 0 N–H and O–H groups in total. The molecule has 0 radical (unpaired) electrons. The standard InChI is InChI=1S/C33H40Cl2N2O6/c1-6-19-17-36-9-7-20-13-28(40-2)30(42-4)15-23(20)26(36)11-22(19)12-27-24-16-31(43-5)29(41-3)14-21(24)8-10-37(27)33(39)32(35)25(34)18-38/h13-16,18-19,22,26-27H,6-12,17H2,1-5H3/b32-25+. The number of aldehydes is 1. The predicted molar refractivity (Wildman–Crippen MR) is 167 cm³/mol. The summed E-state index contributed by atoms with van der Waals surface area (Å²) < 4.78 is 22.5. The fraction of sp³-hybridized carbons (Fsp3) is 0.515. The van der Waals surface area contributed by atoms with Gasteiger partial charge in [-0.1, -0.05) is 36.5 Å². The van der Waals surface area contributed by atoms with Crippen molar-refractivity contribution >= 4 is 35.4 Å². The molecule has 1 fully saturated rings. The van der Waals surface area contributed by atoms with E-state index in [1.165, 1.54) is 11.1 Å². The van der Waals surface area contributed by atoms with Crippen LogP contribution in [0.2, 0.25) is 0 Å². The van der Waals surface area contributed by atoms with Gasteiger partial charge in [-0.25, -0.2) is 0 Å². The maximum absolute atomic E-state index is 13.7. The van der Waals surface area contributed by atoms with Crippen molar-refractivity contribution in [2.75, 3.05) is 48.1 Å². The van der Waals surface area contributed by atoms with Crippen molar-refractivity contribution < 1.29 is 28.5 Å². The number of piperidine rings is 1. The summed E-state index contributed by atoms with van der Waals surface area (Å²) in [6.07, 6.45) is 4.71. The Labute approximate surface area is 263 Å². The Morgan fingerprint density at radius 2 is 1.42 bits per heavy atom. The third-order valence-electron chi connectivity index (χ3n) is 9.59. The summed E-state index contributed by atoms with van der Waals surface area (Å²) in [6.45, 7) is 4.68. The average molecular weight is 632 g/mol. The highest BCUT2D eigenvalue weighted by molar-refractivity contribution is 6.52. The molecule has 3 aliphatic rings. The molecule has 0 spiro atoms. The Morgan fingerprint density at radius 3 is 2.00 bits per heavy atom. The van der Waals surface area contributed by atoms with Crippen LogP contribution in [0.15, 0.2) is 34.3 Å². The van der Waals surface area contributed by atoms with Crippen LogP contribution in [0.3, 0.4) is 0 Å². The van der Waals surface area contributed by atoms with Gasteiger partial charge in [0.1, 0.15) is 10.1 Å². The molecule has 1 saturated heterocycles. The van der Waals surface area contributed by atoms with Crippen molar-refractivity contribution in [3.63, 3.8) is 0 Å². The minimum Gasteiger partial charge on any atom is -0.493 e. The van der Waals surface area contributed by atoms with Crippen LogP contribution in [0.5, 0.6) is 23.0 Å². The molecule has 3 heterocycles. The van der Waals surface area contributed by atoms with Gasteiger partial charge >= 0.3 is 0 Å². The number of carbonyl (C=O) groups excluding carboxylic acids is 2. The fourth-order valence-electron chi connectivity index (χ4n) is 7.35. The number of hydrogen-bond acceptors (Lipinski definition) is 7. The first-order chi connectivity index (χ1) is 20.8. The van der Waals surface area contributed by atoms with E-state index in [0.29, 0.717) is 42.6 Å². The Morgan fingerprint density at radius 1 is 0.860 bits per heavy atom. The summed E-state index contributed by atoms with van der Waals surface area (Å²) in [7, 11) is 6.58. The third-order valence-corrected chi connectivity index (χ3v) is 10.3. The van der Waals surface area contributed by atoms with E-state index in [1.807, 2.05) is 12.1 Å². The number of carbonyl (C=O) groups is 2. The van der Waals surface area contributed by atoms with Crippen molar-refractivity contribution in [2.24, 2.45) is 11.8 Å². The number of rotatable bonds is 9. The first-order valence-electron chi connectivity index (χ1n) is 14.8. The molecule has 2 aromatic rings. The molecule has 43 heavy (non-hydrogen) atoms. The van der Waals surface area contributed by atoms with Crippen LogP contribution in [-0.2, 0) is 22.4 Å². The van der Waals surface area contributed by atoms with E-state index in [2.05, 4.69) is 24.0 Å². The van der Waals surface area contributed by atoms with E-state index in [0.717, 1.165) is 61.4 Å². The molecule has 0 bridgehead atoms. The molecule has 10 heteroatoms. The van der Waals surface area contributed by atoms with Gasteiger partial charge < -0.3 is 23.8 Å². The van der Waals surface area contributed by atoms with Crippen molar-refractivity contribution in [3.8, 4) is 23.0 Å². The Kier molecular flexibility index (Phi) is 9.79. The van der Waals surface area contributed by atoms with Gasteiger partial charge in [0.15, 0.2) is 29.3 Å². The van der Waals surface area contributed by atoms with E-state index in [4.69, 9.17) is 42.1 Å². The van der Waals surface area contributed by atoms with Crippen LogP contribution in [0.25, 0.3) is 0 Å². The molecular weight excluding hydrogens is 591 g/mol. The van der Waals surface area contributed by atoms with E-state index in [9.17, 15) is 9.59 Å². The largest absolute Gasteiger partial charge is 0.493 e. The quantitative estimate of drug-likeness (QED) is 0.246. The highest BCUT2D eigenvalue weighted by Gasteiger charge is 2.42. The lowest BCUT2D eigenvalue weighted by Crippen LogP contribution is -2.47. The number of benzene rings is 2. The number of fused-ring (bicyclic) bond motifs is 4. The predicted octanol–water partition coefficient (Wildman–Crippen LogP) is 6.07. The maximum Gasteiger partial charge on any atom is 0.267 e. The van der Waals surface area contributed by atoms with Gasteiger partial charge in [-0.3, -0.25) is 14.5 Å². The minimum absolute atomic E-state index is 0.238. The van der Waals surface area contributed by atoms with E-state index >= 15 is 0 Å². The average Bonchev–Trinajstić information content (AvgIpc) is 3.05. The van der Waals surface area contributed by atoms with E-state index in [-0.39, 0.29) is 22.1 Å². The molecule has 4 atom stereocenters. The fourth-order valence-corrected chi connectivity index (χ4v) is 7.58. The summed E-state index contributed by atoms with van der Waals surface area (Å²) in [5.74, 6) is 3.09. The lowest BCUT2D eigenvalue weighted by Gasteiger charge is -2.49. The lowest BCUT2D eigenvalue weighted by molar-refractivity contribution is -0.130. The van der Waals surface area contributed by atoms with Crippen LogP contribution in [0, 0.1) is 11.8 Å². The second-order valence-electron chi connectivity index (χ2n) is 11.5. The van der Waals surface area contributed by atoms with Crippen molar-refractivity contribution in [1.82, 2.24) is 9.80 Å². The number of amides is 1. The molecule has 1 amide bonds. The van der Waals surface area contributed by atoms with Crippen LogP contribution >= 0.6 is 23.2 Å². The molecule has 232 valence electrons. The van der Waals surface area contributed by atoms with Crippen molar-refractivity contribution in [1.29, 1.82) is 0 Å². The maximum atomic E-state index is 13.7. The highest BCUT2D eigenvalue weighted by Crippen LogP contribution is 2.49. The second kappa shape index (κ2) is 13.4. The van der Waals surface area contributed by atoms with Gasteiger partial charge in [0.25, 0.3) is 5.91 Å². The summed E-state index contributed by atoms with van der Waals surface area (Å²) in [5, 5.41) is -0.541. The monoisotopic (exact) mass is 630 g/mol. The summed E-state index contributed by atoms with van der Waals surface area (Å²) in [5.41, 5.74) is 4.70. The minimum atomic E-state index is -0.436. The number of halogens is 2. The molecule has 4 unspecified atom stereocenters. The number of allylic oxidation sites excluding steroid dienone is 1. The van der Waals surface area contributed by atoms with Gasteiger partial charge in [-0.05, 0) is 84.0 Å². The third kappa shape index (κ3) is 5.94. The Balaban J connectivity index is 1.54. The van der Waals surface area contributed by atoms with Crippen LogP contribution in [0.1, 0.15) is 60.5 Å². The van der Waals surface area contributed by atoms with Gasteiger partial charge in [0.2, 0.25) is 0 Å². The normalized spacial score (nSPS) is 23.7. The van der Waals surface area contributed by atoms with E-state index in [1.54, 1.807) is 33.3 Å². The number of nitrogens with zero attached hydrogens (tertiary/aromatic N) is 2. The first kappa shape index (κ1) is 31.5. The lowest BCUT2D eigenvalue weighted by atomic mass is 9.72. The number of hydrogen-bond donors (Lipinski definition) is 0. The SMILES string of the molecule is CCC1CN2CCc3cc(OC)c(OC)cc3C2CC1CC1c2cc(OC)c(OC)cc2CCN1C(=O)/C(Cl)=C(\Cl)C=O. The van der Waals surface area contributed by atoms with Crippen LogP contribution in [-0.4, -0.2) is 70.1 Å². The molecule has 0 aliphatic carbocycles. The second-order valence-corrected chi connectivity index (χ2v) is 12.3. The zero-order valence-corrected chi connectivity index (χ0v) is 27.0. The van der Waals surface area contributed by atoms with Crippen LogP contribution < -0.4 is 18.9 Å². The Hall–Kier alpha value is -2.94. The van der Waals surface area contributed by atoms with Gasteiger partial charge in [-0.2, -0.15) is 0 Å². The molecule has 2 aromatic carbocycles. The molecule has 5 rings (SSSR count). The van der Waals surface area contributed by atoms with Gasteiger partial charge in [0, 0.05) is 25.7 Å². The summed E-state index contributed by atoms with van der Waals surface area (Å²) in [6, 6.07) is 8.22. The molecule has 3 aliphatic heterocycles. The number of ether oxygens (including phenoxy) is 4. The summed E-state index contributed by atoms with van der Waals surface area (Å²) in [4.78, 5) is 29.5. The highest BCUT2D eigenvalue weighted by atomic mass is 35.5. The van der Waals surface area contributed by atoms with Crippen LogP contribution in [0.4, 0.5) is 0 Å². The van der Waals surface area contributed by atoms with Crippen molar-refractivity contribution in [2.45, 2.75) is 51.1 Å². The smallest absolute Gasteiger partial charge is 0.267 e. The van der Waals surface area contributed by atoms with E-state index < -0.39 is 5.91 Å². The molecule has 8 nitrogen and oxygen atoms in total. The summed E-state index contributed by atoms with van der Waals surface area (Å²) >= 11 is 12.4. The topological polar surface area (TPSA) is 77.5 Å². The zero-order chi connectivity index (χ0) is 30.8. The number of methoxy groups -OCH3 is 4. The van der Waals surface area contributed by atoms with Gasteiger partial charge in [0.05, 0.1) is 34.5 Å². The first-order valence-corrected chi connectivity index (χ1v) is 15.6. The molecule has 0 saturated carbocycles. The van der Waals surface area contributed by atoms with Crippen molar-refractivity contribution in [3.05, 3.63) is 56.6 Å². The Bertz CT molecular complexity index is 1410.